The Morgan fingerprint density at radius 2 is 2.00 bits per heavy atom. The second-order valence-electron chi connectivity index (χ2n) is 7.94. The van der Waals surface area contributed by atoms with Crippen LogP contribution in [-0.2, 0) is 25.7 Å². The zero-order valence-corrected chi connectivity index (χ0v) is 19.2. The Labute approximate surface area is 196 Å². The van der Waals surface area contributed by atoms with E-state index in [2.05, 4.69) is 5.32 Å². The van der Waals surface area contributed by atoms with Crippen molar-refractivity contribution < 1.29 is 29.0 Å². The van der Waals surface area contributed by atoms with E-state index in [1.165, 1.54) is 17.7 Å². The highest BCUT2D eigenvalue weighted by atomic mass is 32.2. The Kier molecular flexibility index (Phi) is 5.67. The molecule has 33 heavy (non-hydrogen) atoms. The second kappa shape index (κ2) is 8.50. The number of hydrogen-bond acceptors (Lipinski definition) is 9. The van der Waals surface area contributed by atoms with E-state index in [1.54, 1.807) is 17.0 Å². The number of aromatic hydroxyl groups is 1. The maximum absolute atomic E-state index is 13.0. The summed E-state index contributed by atoms with van der Waals surface area (Å²) in [6, 6.07) is 4.73. The first-order valence-electron chi connectivity index (χ1n) is 10.4. The largest absolute Gasteiger partial charge is 0.504 e. The molecule has 5 rings (SSSR count). The number of rotatable bonds is 4. The number of benzene rings is 1. The van der Waals surface area contributed by atoms with Crippen LogP contribution in [0.3, 0.4) is 0 Å². The van der Waals surface area contributed by atoms with Crippen LogP contribution >= 0.6 is 23.1 Å². The number of amides is 3. The van der Waals surface area contributed by atoms with Gasteiger partial charge in [-0.3, -0.25) is 29.1 Å². The molecule has 2 aromatic rings. The molecule has 2 fully saturated rings. The molecule has 3 atom stereocenters. The number of imide groups is 1. The smallest absolute Gasteiger partial charge is 0.308 e. The van der Waals surface area contributed by atoms with Crippen LogP contribution in [0.25, 0.3) is 0 Å². The number of phenolic OH excluding ortho intramolecular Hbond substituents is 1. The van der Waals surface area contributed by atoms with Crippen LogP contribution in [0.5, 0.6) is 11.5 Å². The summed E-state index contributed by atoms with van der Waals surface area (Å²) in [5.41, 5.74) is 0.638. The normalized spacial score (nSPS) is 24.3. The van der Waals surface area contributed by atoms with Gasteiger partial charge in [-0.25, -0.2) is 0 Å². The van der Waals surface area contributed by atoms with Crippen molar-refractivity contribution in [3.63, 3.8) is 0 Å². The number of hydrogen-bond donors (Lipinski definition) is 2. The average Bonchev–Trinajstić information content (AvgIpc) is 3.28. The summed E-state index contributed by atoms with van der Waals surface area (Å²) in [6.07, 6.45) is 0. The minimum absolute atomic E-state index is 0.0583. The summed E-state index contributed by atoms with van der Waals surface area (Å²) in [7, 11) is 1.42. The highest BCUT2D eigenvalue weighted by Gasteiger charge is 2.53. The van der Waals surface area contributed by atoms with Gasteiger partial charge in [0, 0.05) is 23.9 Å². The molecule has 12 heteroatoms. The molecule has 0 spiro atoms. The molecule has 0 aliphatic carbocycles. The Morgan fingerprint density at radius 1 is 1.24 bits per heavy atom. The highest BCUT2D eigenvalue weighted by molar-refractivity contribution is 8.00. The number of methoxy groups -OCH3 is 1. The lowest BCUT2D eigenvalue weighted by Crippen LogP contribution is -2.43. The lowest BCUT2D eigenvalue weighted by Gasteiger charge is -2.31. The minimum Gasteiger partial charge on any atom is -0.504 e. The standard InChI is InChI=1S/C21H21N3O7S2/c1-30-12-8-10(2-3-11(12)25)14-15-16(19(28)22-18(15)27)32-20-17(14)33-21(29)24(20)9-13(26)23-4-6-31-7-5-23/h2-3,8,14-16,25H,4-7,9H2,1H3,(H,22,27,28)/t14-,15?,16?/m0/s1. The molecule has 10 nitrogen and oxygen atoms in total. The van der Waals surface area contributed by atoms with E-state index in [0.29, 0.717) is 41.8 Å². The first-order valence-corrected chi connectivity index (χ1v) is 12.1. The maximum atomic E-state index is 13.0. The van der Waals surface area contributed by atoms with Crippen LogP contribution in [0.15, 0.2) is 28.0 Å². The van der Waals surface area contributed by atoms with Gasteiger partial charge in [0.05, 0.1) is 31.3 Å². The van der Waals surface area contributed by atoms with Gasteiger partial charge in [-0.05, 0) is 17.7 Å². The molecule has 2 N–H and O–H groups in total. The minimum atomic E-state index is -0.728. The second-order valence-corrected chi connectivity index (χ2v) is 10.1. The number of fused-ring (bicyclic) bond motifs is 2. The van der Waals surface area contributed by atoms with E-state index in [1.807, 2.05) is 0 Å². The van der Waals surface area contributed by atoms with E-state index in [9.17, 15) is 24.3 Å². The third-order valence-electron chi connectivity index (χ3n) is 6.11. The lowest BCUT2D eigenvalue weighted by molar-refractivity contribution is -0.136. The molecule has 0 bridgehead atoms. The number of phenols is 1. The van der Waals surface area contributed by atoms with Crippen LogP contribution in [0, 0.1) is 5.92 Å². The molecule has 4 heterocycles. The lowest BCUT2D eigenvalue weighted by atomic mass is 9.83. The monoisotopic (exact) mass is 491 g/mol. The summed E-state index contributed by atoms with van der Waals surface area (Å²) >= 11 is 2.13. The molecule has 2 saturated heterocycles. The van der Waals surface area contributed by atoms with Gasteiger partial charge >= 0.3 is 4.87 Å². The molecule has 0 saturated carbocycles. The number of carbonyl (C=O) groups excluding carboxylic acids is 3. The number of morpholine rings is 1. The van der Waals surface area contributed by atoms with Gasteiger partial charge in [-0.1, -0.05) is 29.2 Å². The Morgan fingerprint density at radius 3 is 2.73 bits per heavy atom. The molecule has 2 unspecified atom stereocenters. The average molecular weight is 492 g/mol. The fraction of sp³-hybridized carbons (Fsp3) is 0.429. The van der Waals surface area contributed by atoms with Gasteiger partial charge in [0.25, 0.3) is 0 Å². The molecule has 3 aliphatic rings. The van der Waals surface area contributed by atoms with E-state index in [-0.39, 0.29) is 28.8 Å². The fourth-order valence-electron chi connectivity index (χ4n) is 4.47. The summed E-state index contributed by atoms with van der Waals surface area (Å²) in [4.78, 5) is 53.1. The van der Waals surface area contributed by atoms with Crippen molar-refractivity contribution in [3.8, 4) is 11.5 Å². The van der Waals surface area contributed by atoms with E-state index in [0.717, 1.165) is 23.1 Å². The molecule has 1 aromatic carbocycles. The van der Waals surface area contributed by atoms with Crippen LogP contribution in [0.1, 0.15) is 16.4 Å². The number of ether oxygens (including phenoxy) is 2. The first-order chi connectivity index (χ1) is 15.9. The Balaban J connectivity index is 1.58. The predicted octanol–water partition coefficient (Wildman–Crippen LogP) is 0.362. The van der Waals surface area contributed by atoms with Gasteiger partial charge < -0.3 is 19.5 Å². The van der Waals surface area contributed by atoms with Crippen molar-refractivity contribution in [2.45, 2.75) is 22.7 Å². The van der Waals surface area contributed by atoms with Crippen molar-refractivity contribution in [2.24, 2.45) is 5.92 Å². The predicted molar refractivity (Wildman–Crippen MR) is 119 cm³/mol. The number of carbonyl (C=O) groups is 3. The zero-order valence-electron chi connectivity index (χ0n) is 17.6. The van der Waals surface area contributed by atoms with Gasteiger partial charge in [-0.2, -0.15) is 0 Å². The van der Waals surface area contributed by atoms with Gasteiger partial charge in [0.15, 0.2) is 11.5 Å². The Hall–Kier alpha value is -2.83. The number of nitrogens with zero attached hydrogens (tertiary/aromatic N) is 2. The van der Waals surface area contributed by atoms with Gasteiger partial charge in [0.1, 0.15) is 11.8 Å². The van der Waals surface area contributed by atoms with Gasteiger partial charge in [0.2, 0.25) is 17.7 Å². The molecule has 3 aliphatic heterocycles. The number of thioether (sulfide) groups is 1. The topological polar surface area (TPSA) is 127 Å². The number of nitrogens with one attached hydrogen (secondary N) is 1. The zero-order chi connectivity index (χ0) is 23.3. The summed E-state index contributed by atoms with van der Waals surface area (Å²) in [5.74, 6) is -2.16. The van der Waals surface area contributed by atoms with E-state index >= 15 is 0 Å². The third kappa shape index (κ3) is 3.71. The fourth-order valence-corrected chi connectivity index (χ4v) is 7.21. The van der Waals surface area contributed by atoms with Crippen molar-refractivity contribution in [1.29, 1.82) is 0 Å². The SMILES string of the molecule is COc1cc([C@@H]2c3sc(=O)n(CC(=O)N4CCOCC4)c3SC3C(=O)NC(=O)C32)ccc1O. The first kappa shape index (κ1) is 22.0. The Bertz CT molecular complexity index is 1200. The summed E-state index contributed by atoms with van der Waals surface area (Å²) in [5, 5.41) is 12.2. The molecule has 3 amide bonds. The van der Waals surface area contributed by atoms with Crippen LogP contribution < -0.4 is 14.9 Å². The van der Waals surface area contributed by atoms with Gasteiger partial charge in [-0.15, -0.1) is 0 Å². The maximum Gasteiger partial charge on any atom is 0.308 e. The van der Waals surface area contributed by atoms with Crippen LogP contribution in [-0.4, -0.2) is 71.0 Å². The molecular formula is C21H21N3O7S2. The summed E-state index contributed by atoms with van der Waals surface area (Å²) < 4.78 is 11.9. The van der Waals surface area contributed by atoms with Crippen molar-refractivity contribution in [2.75, 3.05) is 33.4 Å². The number of aromatic nitrogens is 1. The molecule has 174 valence electrons. The number of thiazole rings is 1. The van der Waals surface area contributed by atoms with Crippen LogP contribution in [0.4, 0.5) is 0 Å². The summed E-state index contributed by atoms with van der Waals surface area (Å²) in [6.45, 7) is 1.69. The quantitative estimate of drug-likeness (QED) is 0.587. The van der Waals surface area contributed by atoms with Crippen molar-refractivity contribution >= 4 is 40.8 Å². The van der Waals surface area contributed by atoms with E-state index < -0.39 is 28.9 Å². The van der Waals surface area contributed by atoms with Crippen LogP contribution in [0.2, 0.25) is 0 Å². The molecule has 1 aromatic heterocycles. The third-order valence-corrected chi connectivity index (χ3v) is 8.72. The highest BCUT2D eigenvalue weighted by Crippen LogP contribution is 2.52. The molecule has 0 radical (unpaired) electrons. The van der Waals surface area contributed by atoms with Crippen molar-refractivity contribution in [1.82, 2.24) is 14.8 Å². The molecular weight excluding hydrogens is 470 g/mol. The van der Waals surface area contributed by atoms with Crippen molar-refractivity contribution in [3.05, 3.63) is 38.3 Å². The van der Waals surface area contributed by atoms with E-state index in [4.69, 9.17) is 9.47 Å².